The highest BCUT2D eigenvalue weighted by atomic mass is 16.6. The molecule has 0 saturated carbocycles. The lowest BCUT2D eigenvalue weighted by Crippen LogP contribution is -2.64. The molecule has 0 unspecified atom stereocenters. The van der Waals surface area contributed by atoms with Gasteiger partial charge in [-0.05, 0) is 93.9 Å². The van der Waals surface area contributed by atoms with E-state index in [1.165, 1.54) is 12.8 Å². The van der Waals surface area contributed by atoms with Crippen LogP contribution in [0.1, 0.15) is 138 Å². The Balaban J connectivity index is -0.000000145. The SMILES string of the molecule is C.C.C.C.C.C.CC1(C)CCCC(C)(C)N1C(=O)N1CCOCC1.CC1(C)CCCC(C)(C)N1C(=O)N1CCOCC1.O=C(O)O.O=C(O)O. The third-order valence-electron chi connectivity index (χ3n) is 8.52. The first-order valence-corrected chi connectivity index (χ1v) is 15.3. The zero-order valence-electron chi connectivity index (χ0n) is 27.9. The van der Waals surface area contributed by atoms with Gasteiger partial charge in [0.25, 0.3) is 0 Å². The monoisotopic (exact) mass is 729 g/mol. The van der Waals surface area contributed by atoms with E-state index in [1.54, 1.807) is 0 Å². The number of piperidine rings is 2. The predicted octanol–water partition coefficient (Wildman–Crippen LogP) is 9.22. The number of carbonyl (C=O) groups excluding carboxylic acids is 2. The summed E-state index contributed by atoms with van der Waals surface area (Å²) in [6.07, 6.45) is 3.10. The highest BCUT2D eigenvalue weighted by Gasteiger charge is 2.47. The molecular weight excluding hydrogens is 648 g/mol. The van der Waals surface area contributed by atoms with Crippen molar-refractivity contribution in [2.75, 3.05) is 52.6 Å². The van der Waals surface area contributed by atoms with Gasteiger partial charge in [0.05, 0.1) is 26.4 Å². The second kappa shape index (κ2) is 25.0. The number of urea groups is 2. The van der Waals surface area contributed by atoms with Crippen molar-refractivity contribution >= 4 is 24.4 Å². The number of amides is 4. The summed E-state index contributed by atoms with van der Waals surface area (Å²) in [5, 5.41) is 27.9. The van der Waals surface area contributed by atoms with Crippen molar-refractivity contribution in [3.8, 4) is 0 Å². The highest BCUT2D eigenvalue weighted by Crippen LogP contribution is 2.40. The third-order valence-corrected chi connectivity index (χ3v) is 8.52. The van der Waals surface area contributed by atoms with Gasteiger partial charge in [-0.15, -0.1) is 0 Å². The first kappa shape index (κ1) is 59.2. The van der Waals surface area contributed by atoms with Gasteiger partial charge < -0.3 is 49.5 Å². The van der Waals surface area contributed by atoms with E-state index in [-0.39, 0.29) is 78.8 Å². The molecule has 4 rings (SSSR count). The molecule has 0 radical (unpaired) electrons. The summed E-state index contributed by atoms with van der Waals surface area (Å²) in [6.45, 7) is 23.1. The number of carbonyl (C=O) groups is 4. The van der Waals surface area contributed by atoms with Gasteiger partial charge in [0.15, 0.2) is 0 Å². The van der Waals surface area contributed by atoms with Gasteiger partial charge >= 0.3 is 24.4 Å². The van der Waals surface area contributed by atoms with Crippen LogP contribution in [0.2, 0.25) is 0 Å². The second-order valence-corrected chi connectivity index (χ2v) is 14.0. The lowest BCUT2D eigenvalue weighted by atomic mass is 9.80. The average molecular weight is 729 g/mol. The molecule has 0 aromatic heterocycles. The molecule has 0 aromatic carbocycles. The maximum Gasteiger partial charge on any atom is 0.503 e. The molecule has 0 aromatic rings. The van der Waals surface area contributed by atoms with E-state index in [0.29, 0.717) is 26.4 Å². The Bertz CT molecular complexity index is 845. The highest BCUT2D eigenvalue weighted by molar-refractivity contribution is 5.77. The maximum absolute atomic E-state index is 12.8. The van der Waals surface area contributed by atoms with Gasteiger partial charge in [-0.1, -0.05) is 44.6 Å². The first-order valence-electron chi connectivity index (χ1n) is 15.3. The Labute approximate surface area is 306 Å². The molecule has 0 aliphatic carbocycles. The lowest BCUT2D eigenvalue weighted by Gasteiger charge is -2.54. The van der Waals surface area contributed by atoms with E-state index in [9.17, 15) is 9.59 Å². The Morgan fingerprint density at radius 3 is 0.800 bits per heavy atom. The van der Waals surface area contributed by atoms with Gasteiger partial charge in [-0.3, -0.25) is 0 Å². The van der Waals surface area contributed by atoms with Gasteiger partial charge in [0.2, 0.25) is 0 Å². The number of rotatable bonds is 0. The largest absolute Gasteiger partial charge is 0.503 e. The summed E-state index contributed by atoms with van der Waals surface area (Å²) in [6, 6.07) is 0.376. The standard InChI is InChI=1S/2C14H26N2O2.2CH2O3.6CH4/c2*1-13(2)6-5-7-14(3,4)16(13)12(17)15-8-10-18-11-9-15;2*2-1(3)4;;;;;;/h2*5-11H2,1-4H3;2*(H2,2,3,4);6*1H4. The molecule has 4 aliphatic rings. The van der Waals surface area contributed by atoms with E-state index in [0.717, 1.165) is 51.9 Å². The molecule has 4 fully saturated rings. The summed E-state index contributed by atoms with van der Waals surface area (Å²) in [5.41, 5.74) is -0.178. The summed E-state index contributed by atoms with van der Waals surface area (Å²) in [5.74, 6) is 0. The molecule has 14 heteroatoms. The van der Waals surface area contributed by atoms with Crippen LogP contribution in [0, 0.1) is 0 Å². The molecule has 0 bridgehead atoms. The average Bonchev–Trinajstić information content (AvgIpc) is 2.87. The summed E-state index contributed by atoms with van der Waals surface area (Å²) >= 11 is 0. The van der Waals surface area contributed by atoms with Crippen LogP contribution in [-0.4, -0.2) is 139 Å². The number of morpholine rings is 2. The van der Waals surface area contributed by atoms with Gasteiger partial charge in [-0.2, -0.15) is 0 Å². The van der Waals surface area contributed by atoms with Crippen molar-refractivity contribution in [2.24, 2.45) is 0 Å². The van der Waals surface area contributed by atoms with Gasteiger partial charge in [0.1, 0.15) is 0 Å². The minimum absolute atomic E-state index is 0. The topological polar surface area (TPSA) is 181 Å². The quantitative estimate of drug-likeness (QED) is 0.188. The predicted molar refractivity (Wildman–Crippen MR) is 205 cm³/mol. The number of nitrogens with zero attached hydrogens (tertiary/aromatic N) is 4. The maximum atomic E-state index is 12.8. The van der Waals surface area contributed by atoms with E-state index >= 15 is 0 Å². The van der Waals surface area contributed by atoms with E-state index in [4.69, 9.17) is 39.5 Å². The van der Waals surface area contributed by atoms with Crippen molar-refractivity contribution in [2.45, 2.75) is 161 Å². The summed E-state index contributed by atoms with van der Waals surface area (Å²) in [4.78, 5) is 50.8. The third kappa shape index (κ3) is 18.3. The number of likely N-dealkylation sites (tertiary alicyclic amines) is 2. The van der Waals surface area contributed by atoms with Crippen LogP contribution in [0.25, 0.3) is 0 Å². The molecule has 4 aliphatic heterocycles. The van der Waals surface area contributed by atoms with Crippen LogP contribution in [0.4, 0.5) is 19.2 Å². The van der Waals surface area contributed by atoms with E-state index in [2.05, 4.69) is 65.2 Å². The minimum atomic E-state index is -1.83. The van der Waals surface area contributed by atoms with Crippen LogP contribution in [-0.2, 0) is 9.47 Å². The smallest absolute Gasteiger partial charge is 0.450 e. The number of carboxylic acid groups (broad SMARTS) is 4. The van der Waals surface area contributed by atoms with Crippen LogP contribution < -0.4 is 0 Å². The summed E-state index contributed by atoms with van der Waals surface area (Å²) in [7, 11) is 0. The zero-order valence-corrected chi connectivity index (χ0v) is 27.9. The Morgan fingerprint density at radius 2 is 0.620 bits per heavy atom. The Morgan fingerprint density at radius 1 is 0.440 bits per heavy atom. The molecule has 0 spiro atoms. The van der Waals surface area contributed by atoms with Crippen molar-refractivity contribution < 1.29 is 49.1 Å². The molecule has 4 N–H and O–H groups in total. The molecule has 4 heterocycles. The molecule has 4 saturated heterocycles. The molecule has 304 valence electrons. The normalized spacial score (nSPS) is 20.5. The van der Waals surface area contributed by atoms with Gasteiger partial charge in [-0.25, -0.2) is 19.2 Å². The second-order valence-electron chi connectivity index (χ2n) is 14.0. The molecule has 50 heavy (non-hydrogen) atoms. The van der Waals surface area contributed by atoms with Gasteiger partial charge in [0, 0.05) is 48.3 Å². The Hall–Kier alpha value is -3.00. The lowest BCUT2D eigenvalue weighted by molar-refractivity contribution is -0.0206. The van der Waals surface area contributed by atoms with Crippen molar-refractivity contribution in [3.05, 3.63) is 0 Å². The van der Waals surface area contributed by atoms with Crippen molar-refractivity contribution in [1.29, 1.82) is 0 Å². The van der Waals surface area contributed by atoms with E-state index in [1.807, 2.05) is 9.80 Å². The fourth-order valence-electron chi connectivity index (χ4n) is 6.82. The fraction of sp³-hybridized carbons (Fsp3) is 0.889. The minimum Gasteiger partial charge on any atom is -0.450 e. The van der Waals surface area contributed by atoms with E-state index < -0.39 is 12.3 Å². The van der Waals surface area contributed by atoms with Crippen LogP contribution >= 0.6 is 0 Å². The first-order chi connectivity index (χ1) is 20.2. The molecule has 0 atom stereocenters. The Kier molecular flexibility index (Phi) is 29.6. The molecular formula is C36H80N4O10. The zero-order chi connectivity index (χ0) is 33.9. The number of ether oxygens (including phenoxy) is 2. The van der Waals surface area contributed by atoms with Crippen molar-refractivity contribution in [1.82, 2.24) is 19.6 Å². The van der Waals surface area contributed by atoms with Crippen molar-refractivity contribution in [3.63, 3.8) is 0 Å². The number of hydrogen-bond acceptors (Lipinski definition) is 6. The van der Waals surface area contributed by atoms with Crippen LogP contribution in [0.3, 0.4) is 0 Å². The molecule has 14 nitrogen and oxygen atoms in total. The van der Waals surface area contributed by atoms with Crippen LogP contribution in [0.15, 0.2) is 0 Å². The fourth-order valence-corrected chi connectivity index (χ4v) is 6.82. The molecule has 4 amide bonds. The van der Waals surface area contributed by atoms with Crippen LogP contribution in [0.5, 0.6) is 0 Å². The number of hydrogen-bond donors (Lipinski definition) is 4. The summed E-state index contributed by atoms with van der Waals surface area (Å²) < 4.78 is 10.7.